The highest BCUT2D eigenvalue weighted by atomic mass is 32.2. The van der Waals surface area contributed by atoms with Gasteiger partial charge in [0.25, 0.3) is 0 Å². The second-order valence-corrected chi connectivity index (χ2v) is 5.26. The molecule has 116 valence electrons. The third-order valence-corrected chi connectivity index (χ3v) is 3.37. The topological polar surface area (TPSA) is 97.0 Å². The van der Waals surface area contributed by atoms with E-state index in [9.17, 15) is 9.59 Å². The summed E-state index contributed by atoms with van der Waals surface area (Å²) in [6.45, 7) is 3.56. The standard InChI is InChI=1S/C14H16N4O3S/c1-3-21-12(20)8-22-14-16-13(17-18-14)10-5-4-6-11(7-10)15-9(2)19/h4-7H,3,8H2,1-2H3,(H,15,19)(H,16,17,18). The van der Waals surface area contributed by atoms with Crippen LogP contribution in [0.1, 0.15) is 13.8 Å². The van der Waals surface area contributed by atoms with Gasteiger partial charge in [-0.15, -0.1) is 5.10 Å². The predicted octanol–water partition coefficient (Wildman–Crippen LogP) is 2.09. The molecule has 0 aliphatic rings. The summed E-state index contributed by atoms with van der Waals surface area (Å²) in [4.78, 5) is 26.7. The molecule has 2 aromatic rings. The monoisotopic (exact) mass is 320 g/mol. The summed E-state index contributed by atoms with van der Waals surface area (Å²) in [5.74, 6) is 0.294. The number of hydrogen-bond donors (Lipinski definition) is 2. The molecule has 0 spiro atoms. The Kier molecular flexibility index (Phi) is 5.54. The van der Waals surface area contributed by atoms with Crippen molar-refractivity contribution in [2.45, 2.75) is 19.0 Å². The Bertz CT molecular complexity index is 672. The van der Waals surface area contributed by atoms with E-state index in [0.717, 1.165) is 5.56 Å². The van der Waals surface area contributed by atoms with Crippen LogP contribution in [0.3, 0.4) is 0 Å². The average Bonchev–Trinajstić information content (AvgIpc) is 2.94. The number of aromatic nitrogens is 3. The van der Waals surface area contributed by atoms with Crippen LogP contribution in [0.2, 0.25) is 0 Å². The van der Waals surface area contributed by atoms with Crippen molar-refractivity contribution in [2.24, 2.45) is 0 Å². The van der Waals surface area contributed by atoms with Crippen molar-refractivity contribution in [3.8, 4) is 11.4 Å². The lowest BCUT2D eigenvalue weighted by Crippen LogP contribution is -2.06. The third kappa shape index (κ3) is 4.59. The molecule has 0 saturated heterocycles. The van der Waals surface area contributed by atoms with Gasteiger partial charge in [-0.25, -0.2) is 4.98 Å². The SMILES string of the molecule is CCOC(=O)CSc1n[nH]c(-c2cccc(NC(C)=O)c2)n1. The first-order valence-electron chi connectivity index (χ1n) is 6.67. The molecule has 1 heterocycles. The van der Waals surface area contributed by atoms with Crippen LogP contribution in [0.5, 0.6) is 0 Å². The predicted molar refractivity (Wildman–Crippen MR) is 83.5 cm³/mol. The van der Waals surface area contributed by atoms with Crippen LogP contribution >= 0.6 is 11.8 Å². The smallest absolute Gasteiger partial charge is 0.316 e. The highest BCUT2D eigenvalue weighted by Crippen LogP contribution is 2.22. The Morgan fingerprint density at radius 3 is 2.95 bits per heavy atom. The maximum atomic E-state index is 11.3. The van der Waals surface area contributed by atoms with Gasteiger partial charge in [-0.1, -0.05) is 23.9 Å². The number of nitrogens with zero attached hydrogens (tertiary/aromatic N) is 2. The molecule has 1 amide bonds. The third-order valence-electron chi connectivity index (χ3n) is 2.55. The first-order valence-corrected chi connectivity index (χ1v) is 7.66. The van der Waals surface area contributed by atoms with E-state index in [1.807, 2.05) is 12.1 Å². The summed E-state index contributed by atoms with van der Waals surface area (Å²) in [6, 6.07) is 7.25. The fourth-order valence-electron chi connectivity index (χ4n) is 1.71. The highest BCUT2D eigenvalue weighted by molar-refractivity contribution is 7.99. The van der Waals surface area contributed by atoms with Crippen LogP contribution < -0.4 is 5.32 Å². The molecule has 22 heavy (non-hydrogen) atoms. The van der Waals surface area contributed by atoms with Gasteiger partial charge in [-0.05, 0) is 19.1 Å². The number of ether oxygens (including phenoxy) is 1. The summed E-state index contributed by atoms with van der Waals surface area (Å²) in [6.07, 6.45) is 0. The van der Waals surface area contributed by atoms with Crippen LogP contribution in [-0.2, 0) is 14.3 Å². The number of aromatic amines is 1. The van der Waals surface area contributed by atoms with Crippen molar-refractivity contribution in [2.75, 3.05) is 17.7 Å². The number of benzene rings is 1. The van der Waals surface area contributed by atoms with E-state index in [-0.39, 0.29) is 17.6 Å². The summed E-state index contributed by atoms with van der Waals surface area (Å²) in [7, 11) is 0. The summed E-state index contributed by atoms with van der Waals surface area (Å²) < 4.78 is 4.84. The Morgan fingerprint density at radius 1 is 1.41 bits per heavy atom. The molecule has 0 aliphatic carbocycles. The van der Waals surface area contributed by atoms with Crippen molar-refractivity contribution in [3.05, 3.63) is 24.3 Å². The number of thioether (sulfide) groups is 1. The molecule has 2 N–H and O–H groups in total. The van der Waals surface area contributed by atoms with Crippen LogP contribution in [0.4, 0.5) is 5.69 Å². The number of esters is 1. The zero-order valence-corrected chi connectivity index (χ0v) is 13.1. The van der Waals surface area contributed by atoms with Crippen molar-refractivity contribution < 1.29 is 14.3 Å². The number of anilines is 1. The van der Waals surface area contributed by atoms with Crippen molar-refractivity contribution >= 4 is 29.3 Å². The zero-order valence-electron chi connectivity index (χ0n) is 12.3. The van der Waals surface area contributed by atoms with Crippen LogP contribution in [0.25, 0.3) is 11.4 Å². The lowest BCUT2D eigenvalue weighted by atomic mass is 10.2. The Balaban J connectivity index is 2.04. The van der Waals surface area contributed by atoms with Gasteiger partial charge in [0.2, 0.25) is 11.1 Å². The van der Waals surface area contributed by atoms with Gasteiger partial charge >= 0.3 is 5.97 Å². The molecule has 1 aromatic heterocycles. The second kappa shape index (κ2) is 7.60. The average molecular weight is 320 g/mol. The van der Waals surface area contributed by atoms with Gasteiger partial charge in [0, 0.05) is 18.2 Å². The van der Waals surface area contributed by atoms with E-state index in [4.69, 9.17) is 4.74 Å². The minimum Gasteiger partial charge on any atom is -0.465 e. The minimum atomic E-state index is -0.300. The van der Waals surface area contributed by atoms with Crippen molar-refractivity contribution in [3.63, 3.8) is 0 Å². The normalized spacial score (nSPS) is 10.3. The van der Waals surface area contributed by atoms with Gasteiger partial charge in [0.1, 0.15) is 0 Å². The molecule has 2 rings (SSSR count). The maximum Gasteiger partial charge on any atom is 0.316 e. The van der Waals surface area contributed by atoms with Crippen molar-refractivity contribution in [1.29, 1.82) is 0 Å². The molecule has 8 heteroatoms. The number of rotatable bonds is 6. The Hall–Kier alpha value is -2.35. The highest BCUT2D eigenvalue weighted by Gasteiger charge is 2.10. The number of nitrogens with one attached hydrogen (secondary N) is 2. The van der Waals surface area contributed by atoms with Gasteiger partial charge in [-0.2, -0.15) is 0 Å². The van der Waals surface area contributed by atoms with Gasteiger partial charge in [-0.3, -0.25) is 14.7 Å². The van der Waals surface area contributed by atoms with Gasteiger partial charge in [0.15, 0.2) is 5.82 Å². The molecule has 1 aromatic carbocycles. The first kappa shape index (κ1) is 16.0. The first-order chi connectivity index (χ1) is 10.6. The number of hydrogen-bond acceptors (Lipinski definition) is 6. The molecule has 0 unspecified atom stereocenters. The van der Waals surface area contributed by atoms with Crippen molar-refractivity contribution in [1.82, 2.24) is 15.2 Å². The fourth-order valence-corrected chi connectivity index (χ4v) is 2.31. The van der Waals surface area contributed by atoms with Crippen LogP contribution in [0.15, 0.2) is 29.4 Å². The van der Waals surface area contributed by atoms with Crippen LogP contribution in [-0.4, -0.2) is 39.4 Å². The fraction of sp³-hybridized carbons (Fsp3) is 0.286. The van der Waals surface area contributed by atoms with E-state index < -0.39 is 0 Å². The lowest BCUT2D eigenvalue weighted by Gasteiger charge is -2.03. The Labute approximate surface area is 131 Å². The van der Waals surface area contributed by atoms with E-state index in [1.165, 1.54) is 18.7 Å². The number of H-pyrrole nitrogens is 1. The summed E-state index contributed by atoms with van der Waals surface area (Å²) >= 11 is 1.20. The lowest BCUT2D eigenvalue weighted by molar-refractivity contribution is -0.139. The largest absolute Gasteiger partial charge is 0.465 e. The zero-order chi connectivity index (χ0) is 15.9. The molecule has 7 nitrogen and oxygen atoms in total. The van der Waals surface area contributed by atoms with Gasteiger partial charge in [0.05, 0.1) is 12.4 Å². The molecule has 0 fully saturated rings. The molecule has 0 saturated carbocycles. The van der Waals surface area contributed by atoms with E-state index in [1.54, 1.807) is 19.1 Å². The molecule has 0 atom stereocenters. The maximum absolute atomic E-state index is 11.3. The summed E-state index contributed by atoms with van der Waals surface area (Å²) in [5, 5.41) is 10.0. The number of amides is 1. The van der Waals surface area contributed by atoms with Gasteiger partial charge < -0.3 is 10.1 Å². The van der Waals surface area contributed by atoms with E-state index in [2.05, 4.69) is 20.5 Å². The molecule has 0 radical (unpaired) electrons. The second-order valence-electron chi connectivity index (χ2n) is 4.32. The quantitative estimate of drug-likeness (QED) is 0.625. The van der Waals surface area contributed by atoms with E-state index >= 15 is 0 Å². The molecular formula is C14H16N4O3S. The van der Waals surface area contributed by atoms with E-state index in [0.29, 0.717) is 23.3 Å². The molecule has 0 aliphatic heterocycles. The molecule has 0 bridgehead atoms. The molecular weight excluding hydrogens is 304 g/mol. The van der Waals surface area contributed by atoms with Crippen LogP contribution in [0, 0.1) is 0 Å². The number of carbonyl (C=O) groups is 2. The summed E-state index contributed by atoms with van der Waals surface area (Å²) in [5.41, 5.74) is 1.48. The number of carbonyl (C=O) groups excluding carboxylic acids is 2. The Morgan fingerprint density at radius 2 is 2.23 bits per heavy atom. The minimum absolute atomic E-state index is 0.139.